The summed E-state index contributed by atoms with van der Waals surface area (Å²) in [4.78, 5) is 6.44. The smallest absolute Gasteiger partial charge is 0.166 e. The van der Waals surface area contributed by atoms with Crippen LogP contribution in [0.4, 0.5) is 0 Å². The second kappa shape index (κ2) is 8.04. The number of ether oxygens (including phenoxy) is 1. The lowest BCUT2D eigenvalue weighted by Gasteiger charge is -2.26. The van der Waals surface area contributed by atoms with Crippen LogP contribution in [0.1, 0.15) is 5.56 Å². The third-order valence-corrected chi connectivity index (χ3v) is 3.28. The van der Waals surface area contributed by atoms with Crippen molar-refractivity contribution in [3.8, 4) is 0 Å². The fraction of sp³-hybridized carbons (Fsp3) is 0.538. The van der Waals surface area contributed by atoms with Crippen LogP contribution < -0.4 is 10.6 Å². The Kier molecular flexibility index (Phi) is 6.00. The zero-order chi connectivity index (χ0) is 13.3. The number of hydrogen-bond donors (Lipinski definition) is 2. The van der Waals surface area contributed by atoms with Gasteiger partial charge in [-0.25, -0.2) is 0 Å². The predicted molar refractivity (Wildman–Crippen MR) is 78.9 cm³/mol. The minimum absolute atomic E-state index is 0.692. The number of nitrogens with zero attached hydrogens (tertiary/aromatic N) is 2. The highest BCUT2D eigenvalue weighted by molar-refractivity contribution is 7.80. The van der Waals surface area contributed by atoms with E-state index in [0.717, 1.165) is 45.0 Å². The summed E-state index contributed by atoms with van der Waals surface area (Å²) < 4.78 is 5.31. The molecule has 0 amide bonds. The normalized spacial score (nSPS) is 16.0. The third kappa shape index (κ3) is 5.50. The summed E-state index contributed by atoms with van der Waals surface area (Å²) in [5.41, 5.74) is 1.12. The van der Waals surface area contributed by atoms with Crippen molar-refractivity contribution in [1.29, 1.82) is 0 Å². The van der Waals surface area contributed by atoms with E-state index in [9.17, 15) is 0 Å². The maximum absolute atomic E-state index is 5.31. The summed E-state index contributed by atoms with van der Waals surface area (Å²) in [5.74, 6) is 0. The van der Waals surface area contributed by atoms with E-state index in [1.165, 1.54) is 0 Å². The topological polar surface area (TPSA) is 49.4 Å². The van der Waals surface area contributed by atoms with Crippen LogP contribution in [0.2, 0.25) is 0 Å². The fourth-order valence-corrected chi connectivity index (χ4v) is 2.07. The quantitative estimate of drug-likeness (QED) is 0.761. The number of hydrogen-bond acceptors (Lipinski definition) is 4. The first-order chi connectivity index (χ1) is 9.34. The molecule has 104 valence electrons. The van der Waals surface area contributed by atoms with E-state index in [4.69, 9.17) is 17.0 Å². The lowest BCUT2D eigenvalue weighted by Crippen LogP contribution is -2.43. The molecule has 1 aliphatic heterocycles. The minimum Gasteiger partial charge on any atom is -0.379 e. The van der Waals surface area contributed by atoms with E-state index in [1.54, 1.807) is 6.20 Å². The molecule has 5 nitrogen and oxygen atoms in total. The van der Waals surface area contributed by atoms with Crippen LogP contribution in [-0.2, 0) is 11.3 Å². The van der Waals surface area contributed by atoms with Crippen LogP contribution in [0.15, 0.2) is 24.5 Å². The molecule has 0 bridgehead atoms. The van der Waals surface area contributed by atoms with Gasteiger partial charge < -0.3 is 15.4 Å². The molecule has 1 fully saturated rings. The van der Waals surface area contributed by atoms with Gasteiger partial charge in [0.15, 0.2) is 5.11 Å². The van der Waals surface area contributed by atoms with Gasteiger partial charge in [-0.3, -0.25) is 9.88 Å². The SMILES string of the molecule is S=C(NCCN1CCOCC1)NCc1cccnc1. The van der Waals surface area contributed by atoms with E-state index in [1.807, 2.05) is 18.3 Å². The molecule has 1 aromatic heterocycles. The average Bonchev–Trinajstić information content (AvgIpc) is 2.47. The molecule has 6 heteroatoms. The Morgan fingerprint density at radius 1 is 1.37 bits per heavy atom. The van der Waals surface area contributed by atoms with Crippen molar-refractivity contribution < 1.29 is 4.74 Å². The Labute approximate surface area is 119 Å². The monoisotopic (exact) mass is 280 g/mol. The Balaban J connectivity index is 1.57. The highest BCUT2D eigenvalue weighted by atomic mass is 32.1. The van der Waals surface area contributed by atoms with Crippen molar-refractivity contribution in [3.63, 3.8) is 0 Å². The molecule has 0 atom stereocenters. The first-order valence-electron chi connectivity index (χ1n) is 6.55. The molecule has 1 aliphatic rings. The van der Waals surface area contributed by atoms with E-state index in [0.29, 0.717) is 11.7 Å². The lowest BCUT2D eigenvalue weighted by atomic mass is 10.3. The minimum atomic E-state index is 0.692. The van der Waals surface area contributed by atoms with Gasteiger partial charge >= 0.3 is 0 Å². The van der Waals surface area contributed by atoms with Gasteiger partial charge in [-0.05, 0) is 23.8 Å². The molecule has 0 aliphatic carbocycles. The van der Waals surface area contributed by atoms with Crippen molar-refractivity contribution in [3.05, 3.63) is 30.1 Å². The van der Waals surface area contributed by atoms with Gasteiger partial charge in [-0.2, -0.15) is 0 Å². The number of rotatable bonds is 5. The number of pyridine rings is 1. The molecule has 0 aromatic carbocycles. The van der Waals surface area contributed by atoms with Gasteiger partial charge in [0, 0.05) is 45.1 Å². The second-order valence-electron chi connectivity index (χ2n) is 4.42. The maximum Gasteiger partial charge on any atom is 0.166 e. The van der Waals surface area contributed by atoms with Crippen LogP contribution >= 0.6 is 12.2 Å². The van der Waals surface area contributed by atoms with E-state index in [-0.39, 0.29) is 0 Å². The largest absolute Gasteiger partial charge is 0.379 e. The number of morpholine rings is 1. The van der Waals surface area contributed by atoms with E-state index in [2.05, 4.69) is 20.5 Å². The molecule has 1 saturated heterocycles. The van der Waals surface area contributed by atoms with Crippen LogP contribution in [0.3, 0.4) is 0 Å². The van der Waals surface area contributed by atoms with Crippen molar-refractivity contribution in [2.75, 3.05) is 39.4 Å². The van der Waals surface area contributed by atoms with Crippen molar-refractivity contribution in [1.82, 2.24) is 20.5 Å². The second-order valence-corrected chi connectivity index (χ2v) is 4.83. The first kappa shape index (κ1) is 14.2. The van der Waals surface area contributed by atoms with Gasteiger partial charge in [0.1, 0.15) is 0 Å². The Hall–Kier alpha value is -1.24. The van der Waals surface area contributed by atoms with E-state index < -0.39 is 0 Å². The molecular weight excluding hydrogens is 260 g/mol. The summed E-state index contributed by atoms with van der Waals surface area (Å²) in [6.45, 7) is 6.26. The zero-order valence-corrected chi connectivity index (χ0v) is 11.8. The van der Waals surface area contributed by atoms with E-state index >= 15 is 0 Å². The third-order valence-electron chi connectivity index (χ3n) is 2.99. The molecule has 2 N–H and O–H groups in total. The Morgan fingerprint density at radius 3 is 2.95 bits per heavy atom. The lowest BCUT2D eigenvalue weighted by molar-refractivity contribution is 0.0389. The Bertz CT molecular complexity index is 381. The number of nitrogens with one attached hydrogen (secondary N) is 2. The highest BCUT2D eigenvalue weighted by Crippen LogP contribution is 1.95. The van der Waals surface area contributed by atoms with Crippen molar-refractivity contribution in [2.24, 2.45) is 0 Å². The highest BCUT2D eigenvalue weighted by Gasteiger charge is 2.09. The Morgan fingerprint density at radius 2 is 2.21 bits per heavy atom. The molecule has 0 spiro atoms. The summed E-state index contributed by atoms with van der Waals surface area (Å²) in [6.07, 6.45) is 3.60. The summed E-state index contributed by atoms with van der Waals surface area (Å²) in [6, 6.07) is 3.95. The number of aromatic nitrogens is 1. The molecular formula is C13H20N4OS. The summed E-state index contributed by atoms with van der Waals surface area (Å²) >= 11 is 5.23. The standard InChI is InChI=1S/C13H20N4OS/c19-13(16-11-12-2-1-3-14-10-12)15-4-5-17-6-8-18-9-7-17/h1-3,10H,4-9,11H2,(H2,15,16,19). The average molecular weight is 280 g/mol. The molecule has 1 aromatic rings. The predicted octanol–water partition coefficient (Wildman–Crippen LogP) is 0.378. The van der Waals surface area contributed by atoms with Gasteiger partial charge in [0.25, 0.3) is 0 Å². The van der Waals surface area contributed by atoms with Gasteiger partial charge in [0.05, 0.1) is 13.2 Å². The van der Waals surface area contributed by atoms with Crippen LogP contribution in [0.5, 0.6) is 0 Å². The van der Waals surface area contributed by atoms with Crippen molar-refractivity contribution in [2.45, 2.75) is 6.54 Å². The summed E-state index contributed by atoms with van der Waals surface area (Å²) in [7, 11) is 0. The number of thiocarbonyl (C=S) groups is 1. The van der Waals surface area contributed by atoms with Crippen LogP contribution in [-0.4, -0.2) is 54.4 Å². The van der Waals surface area contributed by atoms with Crippen molar-refractivity contribution >= 4 is 17.3 Å². The van der Waals surface area contributed by atoms with Crippen LogP contribution in [0, 0.1) is 0 Å². The van der Waals surface area contributed by atoms with Gasteiger partial charge in [0.2, 0.25) is 0 Å². The molecule has 0 unspecified atom stereocenters. The van der Waals surface area contributed by atoms with Gasteiger partial charge in [-0.15, -0.1) is 0 Å². The molecule has 2 heterocycles. The fourth-order valence-electron chi connectivity index (χ4n) is 1.90. The molecule has 2 rings (SSSR count). The molecule has 0 radical (unpaired) electrons. The zero-order valence-electron chi connectivity index (χ0n) is 11.0. The maximum atomic E-state index is 5.31. The molecule has 19 heavy (non-hydrogen) atoms. The molecule has 0 saturated carbocycles. The summed E-state index contributed by atoms with van der Waals surface area (Å²) in [5, 5.41) is 7.08. The van der Waals surface area contributed by atoms with Gasteiger partial charge in [-0.1, -0.05) is 6.07 Å². The first-order valence-corrected chi connectivity index (χ1v) is 6.96. The van der Waals surface area contributed by atoms with Crippen LogP contribution in [0.25, 0.3) is 0 Å².